The van der Waals surface area contributed by atoms with E-state index in [0.717, 1.165) is 11.1 Å². The van der Waals surface area contributed by atoms with Crippen LogP contribution in [0.4, 0.5) is 0 Å². The van der Waals surface area contributed by atoms with Gasteiger partial charge in [0.15, 0.2) is 29.1 Å². The number of aliphatic hydroxyl groups excluding tert-OH is 2. The molecule has 0 saturated heterocycles. The van der Waals surface area contributed by atoms with E-state index < -0.39 is 18.8 Å². The van der Waals surface area contributed by atoms with Crippen LogP contribution >= 0.6 is 0 Å². The topological polar surface area (TPSA) is 97.6 Å². The Labute approximate surface area is 181 Å². The van der Waals surface area contributed by atoms with Crippen molar-refractivity contribution in [1.29, 1.82) is 0 Å². The fourth-order valence-corrected chi connectivity index (χ4v) is 3.24. The second kappa shape index (κ2) is 10.1. The summed E-state index contributed by atoms with van der Waals surface area (Å²) >= 11 is 0. The van der Waals surface area contributed by atoms with Gasteiger partial charge in [0, 0.05) is 0 Å². The van der Waals surface area contributed by atoms with Crippen LogP contribution in [0.5, 0.6) is 28.7 Å². The molecule has 164 valence electrons. The Hall–Kier alpha value is -3.42. The molecule has 3 rings (SSSR count). The highest BCUT2D eigenvalue weighted by atomic mass is 16.6. The third-order valence-corrected chi connectivity index (χ3v) is 4.91. The zero-order valence-corrected chi connectivity index (χ0v) is 17.6. The van der Waals surface area contributed by atoms with Gasteiger partial charge < -0.3 is 34.3 Å². The zero-order chi connectivity index (χ0) is 22.4. The van der Waals surface area contributed by atoms with Crippen molar-refractivity contribution in [2.75, 3.05) is 27.9 Å². The number of methoxy groups -OCH3 is 3. The lowest BCUT2D eigenvalue weighted by atomic mass is 10.0. The third-order valence-electron chi connectivity index (χ3n) is 4.91. The maximum absolute atomic E-state index is 10.8. The van der Waals surface area contributed by atoms with E-state index in [1.807, 2.05) is 30.3 Å². The van der Waals surface area contributed by atoms with Crippen molar-refractivity contribution in [3.8, 4) is 39.9 Å². The molecule has 7 nitrogen and oxygen atoms in total. The summed E-state index contributed by atoms with van der Waals surface area (Å²) in [6, 6.07) is 17.8. The molecule has 31 heavy (non-hydrogen) atoms. The molecule has 3 aromatic rings. The summed E-state index contributed by atoms with van der Waals surface area (Å²) in [6.45, 7) is -0.475. The predicted molar refractivity (Wildman–Crippen MR) is 116 cm³/mol. The number of phenolic OH excluding ortho intramolecular Hbond substituents is 1. The molecule has 3 aromatic carbocycles. The van der Waals surface area contributed by atoms with Crippen LogP contribution in [0.1, 0.15) is 11.7 Å². The van der Waals surface area contributed by atoms with Crippen LogP contribution in [0.25, 0.3) is 11.1 Å². The van der Waals surface area contributed by atoms with Crippen LogP contribution in [-0.2, 0) is 0 Å². The Kier molecular flexibility index (Phi) is 7.23. The number of hydrogen-bond donors (Lipinski definition) is 3. The molecule has 0 fully saturated rings. The molecule has 0 bridgehead atoms. The molecule has 0 spiro atoms. The van der Waals surface area contributed by atoms with Crippen LogP contribution in [0.2, 0.25) is 0 Å². The summed E-state index contributed by atoms with van der Waals surface area (Å²) in [5.41, 5.74) is 2.25. The van der Waals surface area contributed by atoms with E-state index in [-0.39, 0.29) is 17.2 Å². The second-order valence-electron chi connectivity index (χ2n) is 6.79. The van der Waals surface area contributed by atoms with E-state index in [1.54, 1.807) is 12.1 Å². The Balaban J connectivity index is 1.95. The maximum atomic E-state index is 10.8. The van der Waals surface area contributed by atoms with Gasteiger partial charge in [-0.3, -0.25) is 0 Å². The van der Waals surface area contributed by atoms with Gasteiger partial charge in [-0.15, -0.1) is 0 Å². The predicted octanol–water partition coefficient (Wildman–Crippen LogP) is 3.56. The minimum absolute atomic E-state index is 0.0558. The van der Waals surface area contributed by atoms with E-state index in [4.69, 9.17) is 18.9 Å². The van der Waals surface area contributed by atoms with Crippen molar-refractivity contribution in [2.24, 2.45) is 0 Å². The number of hydrogen-bond acceptors (Lipinski definition) is 7. The van der Waals surface area contributed by atoms with Crippen LogP contribution in [0, 0.1) is 0 Å². The smallest absolute Gasteiger partial charge is 0.204 e. The largest absolute Gasteiger partial charge is 0.504 e. The van der Waals surface area contributed by atoms with Crippen LogP contribution in [0.3, 0.4) is 0 Å². The molecule has 2 atom stereocenters. The first-order chi connectivity index (χ1) is 15.0. The van der Waals surface area contributed by atoms with Crippen molar-refractivity contribution in [3.63, 3.8) is 0 Å². The molecule has 0 aromatic heterocycles. The first kappa shape index (κ1) is 22.3. The molecule has 0 amide bonds. The lowest BCUT2D eigenvalue weighted by Gasteiger charge is -2.25. The fraction of sp³-hybridized carbons (Fsp3) is 0.250. The standard InChI is InChI=1S/C24H26O7/c1-28-19-11-16(9-10-18(19)26)23(27)22(14-25)31-24-20(29-2)12-17(13-21(24)30-3)15-7-5-4-6-8-15/h4-13,22-23,25-27H,14H2,1-3H3. The van der Waals surface area contributed by atoms with Gasteiger partial charge in [-0.25, -0.2) is 0 Å². The van der Waals surface area contributed by atoms with Gasteiger partial charge in [0.05, 0.1) is 27.9 Å². The average Bonchev–Trinajstić information content (AvgIpc) is 2.82. The summed E-state index contributed by atoms with van der Waals surface area (Å²) in [5, 5.41) is 30.5. The normalized spacial score (nSPS) is 12.7. The van der Waals surface area contributed by atoms with Crippen molar-refractivity contribution in [1.82, 2.24) is 0 Å². The highest BCUT2D eigenvalue weighted by molar-refractivity contribution is 5.71. The van der Waals surface area contributed by atoms with Gasteiger partial charge in [0.25, 0.3) is 0 Å². The minimum Gasteiger partial charge on any atom is -0.504 e. The van der Waals surface area contributed by atoms with Crippen LogP contribution in [-0.4, -0.2) is 49.4 Å². The molecular formula is C24H26O7. The van der Waals surface area contributed by atoms with Gasteiger partial charge in [-0.2, -0.15) is 0 Å². The van der Waals surface area contributed by atoms with Gasteiger partial charge in [-0.1, -0.05) is 36.4 Å². The molecule has 0 saturated carbocycles. The number of aliphatic hydroxyl groups is 2. The lowest BCUT2D eigenvalue weighted by Crippen LogP contribution is -2.29. The highest BCUT2D eigenvalue weighted by Crippen LogP contribution is 2.43. The van der Waals surface area contributed by atoms with E-state index >= 15 is 0 Å². The van der Waals surface area contributed by atoms with Gasteiger partial charge >= 0.3 is 0 Å². The summed E-state index contributed by atoms with van der Waals surface area (Å²) in [5.74, 6) is 1.20. The molecule has 0 heterocycles. The first-order valence-electron chi connectivity index (χ1n) is 9.66. The Bertz CT molecular complexity index is 979. The van der Waals surface area contributed by atoms with Crippen LogP contribution in [0.15, 0.2) is 60.7 Å². The molecule has 0 aliphatic rings. The van der Waals surface area contributed by atoms with Gasteiger partial charge in [0.2, 0.25) is 5.75 Å². The maximum Gasteiger partial charge on any atom is 0.204 e. The molecule has 2 unspecified atom stereocenters. The SMILES string of the molecule is COc1cc(C(O)C(CO)Oc2c(OC)cc(-c3ccccc3)cc2OC)ccc1O. The molecule has 0 radical (unpaired) electrons. The number of rotatable bonds is 9. The number of benzene rings is 3. The minimum atomic E-state index is -1.21. The third kappa shape index (κ3) is 4.84. The van der Waals surface area contributed by atoms with Gasteiger partial charge in [-0.05, 0) is 41.0 Å². The summed E-state index contributed by atoms with van der Waals surface area (Å²) in [6.07, 6.45) is -2.23. The van der Waals surface area contributed by atoms with E-state index in [1.165, 1.54) is 39.5 Å². The number of ether oxygens (including phenoxy) is 4. The first-order valence-corrected chi connectivity index (χ1v) is 9.66. The lowest BCUT2D eigenvalue weighted by molar-refractivity contribution is -0.00173. The second-order valence-corrected chi connectivity index (χ2v) is 6.79. The van der Waals surface area contributed by atoms with Gasteiger partial charge in [0.1, 0.15) is 6.10 Å². The monoisotopic (exact) mass is 426 g/mol. The number of phenols is 1. The average molecular weight is 426 g/mol. The van der Waals surface area contributed by atoms with Crippen molar-refractivity contribution >= 4 is 0 Å². The quantitative estimate of drug-likeness (QED) is 0.481. The molecule has 0 aliphatic carbocycles. The molecule has 0 aliphatic heterocycles. The number of aromatic hydroxyl groups is 1. The van der Waals surface area contributed by atoms with Crippen molar-refractivity contribution in [2.45, 2.75) is 12.2 Å². The fourth-order valence-electron chi connectivity index (χ4n) is 3.24. The van der Waals surface area contributed by atoms with Crippen molar-refractivity contribution in [3.05, 3.63) is 66.2 Å². The summed E-state index contributed by atoms with van der Waals surface area (Å²) in [7, 11) is 4.42. The summed E-state index contributed by atoms with van der Waals surface area (Å²) in [4.78, 5) is 0. The Morgan fingerprint density at radius 2 is 1.39 bits per heavy atom. The Morgan fingerprint density at radius 1 is 0.774 bits per heavy atom. The molecule has 7 heteroatoms. The Morgan fingerprint density at radius 3 is 1.94 bits per heavy atom. The molecular weight excluding hydrogens is 400 g/mol. The van der Waals surface area contributed by atoms with E-state index in [0.29, 0.717) is 17.1 Å². The zero-order valence-electron chi connectivity index (χ0n) is 17.6. The summed E-state index contributed by atoms with van der Waals surface area (Å²) < 4.78 is 22.1. The highest BCUT2D eigenvalue weighted by Gasteiger charge is 2.27. The van der Waals surface area contributed by atoms with E-state index in [2.05, 4.69) is 0 Å². The van der Waals surface area contributed by atoms with Crippen molar-refractivity contribution < 1.29 is 34.3 Å². The van der Waals surface area contributed by atoms with E-state index in [9.17, 15) is 15.3 Å². The molecule has 3 N–H and O–H groups in total. The van der Waals surface area contributed by atoms with Crippen LogP contribution < -0.4 is 18.9 Å².